The number of rotatable bonds is 2. The number of hydrogen-bond acceptors (Lipinski definition) is 4. The first-order valence-electron chi connectivity index (χ1n) is 7.75. The smallest absolute Gasteiger partial charge is 0.266 e. The number of amides is 1. The standard InChI is InChI=1S/C17H20FN3O2/c1-11-5-6-14(9-12(11)2)15(22)21-8-4-7-17(18,10-21)16-19-13(3)20-23-16/h5-6,9H,4,7-8,10H2,1-3H3. The molecule has 1 fully saturated rings. The van der Waals surface area contributed by atoms with Crippen molar-refractivity contribution in [2.24, 2.45) is 0 Å². The van der Waals surface area contributed by atoms with E-state index >= 15 is 4.39 Å². The van der Waals surface area contributed by atoms with Gasteiger partial charge in [-0.1, -0.05) is 11.2 Å². The second-order valence-corrected chi connectivity index (χ2v) is 6.24. The van der Waals surface area contributed by atoms with Crippen molar-refractivity contribution in [2.45, 2.75) is 39.3 Å². The third-order valence-electron chi connectivity index (χ3n) is 4.39. The van der Waals surface area contributed by atoms with Crippen LogP contribution in [0.15, 0.2) is 22.7 Å². The molecule has 0 aliphatic carbocycles. The number of likely N-dealkylation sites (tertiary alicyclic amines) is 1. The molecule has 0 N–H and O–H groups in total. The maximum atomic E-state index is 15.2. The van der Waals surface area contributed by atoms with E-state index in [0.717, 1.165) is 11.1 Å². The quantitative estimate of drug-likeness (QED) is 0.854. The van der Waals surface area contributed by atoms with Crippen molar-refractivity contribution >= 4 is 5.91 Å². The van der Waals surface area contributed by atoms with Gasteiger partial charge in [-0.25, -0.2) is 4.39 Å². The maximum Gasteiger partial charge on any atom is 0.266 e. The lowest BCUT2D eigenvalue weighted by molar-refractivity contribution is 0.0152. The minimum absolute atomic E-state index is 0.0346. The first kappa shape index (κ1) is 15.6. The molecule has 0 saturated carbocycles. The highest BCUT2D eigenvalue weighted by Crippen LogP contribution is 2.35. The molecule has 1 saturated heterocycles. The zero-order valence-corrected chi connectivity index (χ0v) is 13.6. The molecular formula is C17H20FN3O2. The van der Waals surface area contributed by atoms with E-state index in [2.05, 4.69) is 10.1 Å². The van der Waals surface area contributed by atoms with Gasteiger partial charge in [0.25, 0.3) is 11.8 Å². The fraction of sp³-hybridized carbons (Fsp3) is 0.471. The van der Waals surface area contributed by atoms with E-state index in [0.29, 0.717) is 24.4 Å². The van der Waals surface area contributed by atoms with E-state index in [1.165, 1.54) is 4.90 Å². The lowest BCUT2D eigenvalue weighted by Crippen LogP contribution is -2.46. The zero-order chi connectivity index (χ0) is 16.6. The SMILES string of the molecule is Cc1noc(C2(F)CCCN(C(=O)c3ccc(C)c(C)c3)C2)n1. The van der Waals surface area contributed by atoms with E-state index in [9.17, 15) is 4.79 Å². The van der Waals surface area contributed by atoms with Crippen LogP contribution in [0.25, 0.3) is 0 Å². The highest BCUT2D eigenvalue weighted by Gasteiger charge is 2.43. The van der Waals surface area contributed by atoms with Crippen LogP contribution in [0.4, 0.5) is 4.39 Å². The molecule has 1 atom stereocenters. The zero-order valence-electron chi connectivity index (χ0n) is 13.6. The van der Waals surface area contributed by atoms with Crippen molar-refractivity contribution in [3.05, 3.63) is 46.6 Å². The number of hydrogen-bond donors (Lipinski definition) is 0. The number of alkyl halides is 1. The second kappa shape index (κ2) is 5.76. The third-order valence-corrected chi connectivity index (χ3v) is 4.39. The highest BCUT2D eigenvalue weighted by atomic mass is 19.1. The predicted octanol–water partition coefficient (Wildman–Crippen LogP) is 3.10. The Balaban J connectivity index is 1.83. The summed E-state index contributed by atoms with van der Waals surface area (Å²) in [5.74, 6) is 0.202. The molecule has 6 heteroatoms. The molecule has 1 aliphatic rings. The Bertz CT molecular complexity index is 743. The van der Waals surface area contributed by atoms with Crippen LogP contribution in [0.1, 0.15) is 46.0 Å². The molecule has 1 amide bonds. The summed E-state index contributed by atoms with van der Waals surface area (Å²) in [6.45, 7) is 6.08. The van der Waals surface area contributed by atoms with E-state index in [1.807, 2.05) is 26.0 Å². The molecule has 0 radical (unpaired) electrons. The molecular weight excluding hydrogens is 297 g/mol. The van der Waals surface area contributed by atoms with Gasteiger partial charge in [0.05, 0.1) is 6.54 Å². The molecule has 0 spiro atoms. The van der Waals surface area contributed by atoms with Crippen molar-refractivity contribution in [3.63, 3.8) is 0 Å². The summed E-state index contributed by atoms with van der Waals surface area (Å²) in [6.07, 6.45) is 0.847. The average Bonchev–Trinajstić information content (AvgIpc) is 2.97. The van der Waals surface area contributed by atoms with E-state index in [-0.39, 0.29) is 24.8 Å². The summed E-state index contributed by atoms with van der Waals surface area (Å²) in [7, 11) is 0. The first-order chi connectivity index (χ1) is 10.9. The van der Waals surface area contributed by atoms with E-state index < -0.39 is 5.67 Å². The van der Waals surface area contributed by atoms with Gasteiger partial charge < -0.3 is 9.42 Å². The van der Waals surface area contributed by atoms with Crippen LogP contribution < -0.4 is 0 Å². The Morgan fingerprint density at radius 1 is 1.30 bits per heavy atom. The van der Waals surface area contributed by atoms with Gasteiger partial charge in [0.15, 0.2) is 5.82 Å². The highest BCUT2D eigenvalue weighted by molar-refractivity contribution is 5.94. The van der Waals surface area contributed by atoms with Crippen LogP contribution in [0.3, 0.4) is 0 Å². The van der Waals surface area contributed by atoms with E-state index in [4.69, 9.17) is 4.52 Å². The van der Waals surface area contributed by atoms with Gasteiger partial charge in [0, 0.05) is 12.1 Å². The third kappa shape index (κ3) is 2.98. The summed E-state index contributed by atoms with van der Waals surface area (Å²) >= 11 is 0. The van der Waals surface area contributed by atoms with Gasteiger partial charge in [-0.3, -0.25) is 4.79 Å². The van der Waals surface area contributed by atoms with Crippen molar-refractivity contribution < 1.29 is 13.7 Å². The van der Waals surface area contributed by atoms with Crippen molar-refractivity contribution in [1.29, 1.82) is 0 Å². The van der Waals surface area contributed by atoms with Gasteiger partial charge in [0.1, 0.15) is 0 Å². The summed E-state index contributed by atoms with van der Waals surface area (Å²) in [5.41, 5.74) is 0.988. The van der Waals surface area contributed by atoms with Crippen LogP contribution in [-0.2, 0) is 5.67 Å². The molecule has 1 aromatic carbocycles. The fourth-order valence-corrected chi connectivity index (χ4v) is 2.89. The Hall–Kier alpha value is -2.24. The summed E-state index contributed by atoms with van der Waals surface area (Å²) in [4.78, 5) is 18.2. The Morgan fingerprint density at radius 2 is 2.09 bits per heavy atom. The van der Waals surface area contributed by atoms with Crippen LogP contribution in [0.2, 0.25) is 0 Å². The molecule has 1 unspecified atom stereocenters. The fourth-order valence-electron chi connectivity index (χ4n) is 2.89. The molecule has 2 heterocycles. The normalized spacial score (nSPS) is 21.5. The Kier molecular flexibility index (Phi) is 3.92. The van der Waals surface area contributed by atoms with Gasteiger partial charge in [-0.2, -0.15) is 4.98 Å². The second-order valence-electron chi connectivity index (χ2n) is 6.24. The molecule has 1 aromatic heterocycles. The summed E-state index contributed by atoms with van der Waals surface area (Å²) < 4.78 is 20.2. The predicted molar refractivity (Wildman–Crippen MR) is 82.9 cm³/mol. The molecule has 5 nitrogen and oxygen atoms in total. The van der Waals surface area contributed by atoms with Crippen molar-refractivity contribution in [3.8, 4) is 0 Å². The number of benzene rings is 1. The number of aryl methyl sites for hydroxylation is 3. The number of piperidine rings is 1. The van der Waals surface area contributed by atoms with Crippen molar-refractivity contribution in [1.82, 2.24) is 15.0 Å². The minimum Gasteiger partial charge on any atom is -0.336 e. The number of nitrogens with zero attached hydrogens (tertiary/aromatic N) is 3. The largest absolute Gasteiger partial charge is 0.336 e. The lowest BCUT2D eigenvalue weighted by Gasteiger charge is -2.35. The molecule has 122 valence electrons. The van der Waals surface area contributed by atoms with Gasteiger partial charge in [-0.15, -0.1) is 0 Å². The lowest BCUT2D eigenvalue weighted by atomic mass is 9.93. The Morgan fingerprint density at radius 3 is 2.74 bits per heavy atom. The number of halogens is 1. The number of carbonyl (C=O) groups is 1. The van der Waals surface area contributed by atoms with E-state index in [1.54, 1.807) is 13.0 Å². The van der Waals surface area contributed by atoms with Gasteiger partial charge in [0.2, 0.25) is 5.67 Å². The monoisotopic (exact) mass is 317 g/mol. The molecule has 1 aliphatic heterocycles. The average molecular weight is 317 g/mol. The summed E-state index contributed by atoms with van der Waals surface area (Å²) in [6, 6.07) is 5.55. The van der Waals surface area contributed by atoms with Gasteiger partial charge >= 0.3 is 0 Å². The van der Waals surface area contributed by atoms with Crippen molar-refractivity contribution in [2.75, 3.05) is 13.1 Å². The topological polar surface area (TPSA) is 59.2 Å². The first-order valence-corrected chi connectivity index (χ1v) is 7.75. The summed E-state index contributed by atoms with van der Waals surface area (Å²) in [5, 5.41) is 3.66. The Labute approximate surface area is 134 Å². The van der Waals surface area contributed by atoms with Crippen LogP contribution >= 0.6 is 0 Å². The molecule has 0 bridgehead atoms. The molecule has 3 rings (SSSR count). The van der Waals surface area contributed by atoms with Crippen LogP contribution in [-0.4, -0.2) is 34.0 Å². The maximum absolute atomic E-state index is 15.2. The van der Waals surface area contributed by atoms with Gasteiger partial charge in [-0.05, 0) is 56.9 Å². The molecule has 2 aromatic rings. The minimum atomic E-state index is -1.77. The van der Waals surface area contributed by atoms with Crippen LogP contribution in [0, 0.1) is 20.8 Å². The molecule has 23 heavy (non-hydrogen) atoms. The van der Waals surface area contributed by atoms with Crippen LogP contribution in [0.5, 0.6) is 0 Å². The number of carbonyl (C=O) groups excluding carboxylic acids is 1. The number of aromatic nitrogens is 2.